The predicted octanol–water partition coefficient (Wildman–Crippen LogP) is 2.74. The Labute approximate surface area is 73.8 Å². The van der Waals surface area contributed by atoms with Crippen LogP contribution in [-0.4, -0.2) is 6.04 Å². The highest BCUT2D eigenvalue weighted by Crippen LogP contribution is 2.27. The summed E-state index contributed by atoms with van der Waals surface area (Å²) >= 11 is 0. The summed E-state index contributed by atoms with van der Waals surface area (Å²) in [6, 6.07) is 7.18. The summed E-state index contributed by atoms with van der Waals surface area (Å²) in [5, 5.41) is 3.53. The number of anilines is 1. The van der Waals surface area contributed by atoms with Crippen molar-refractivity contribution in [1.29, 1.82) is 0 Å². The maximum absolute atomic E-state index is 3.53. The van der Waals surface area contributed by atoms with Crippen molar-refractivity contribution < 1.29 is 0 Å². The van der Waals surface area contributed by atoms with E-state index in [1.807, 2.05) is 0 Å². The van der Waals surface area contributed by atoms with Crippen molar-refractivity contribution in [2.45, 2.75) is 32.7 Å². The normalized spacial score (nSPS) is 21.3. The van der Waals surface area contributed by atoms with Crippen molar-refractivity contribution in [2.75, 3.05) is 5.32 Å². The Morgan fingerprint density at radius 1 is 1.42 bits per heavy atom. The highest BCUT2D eigenvalue weighted by atomic mass is 14.9. The number of aryl methyl sites for hydroxylation is 2. The van der Waals surface area contributed by atoms with Crippen LogP contribution >= 0.6 is 0 Å². The number of para-hydroxylation sites is 1. The van der Waals surface area contributed by atoms with Gasteiger partial charge in [0.2, 0.25) is 0 Å². The van der Waals surface area contributed by atoms with E-state index in [4.69, 9.17) is 0 Å². The molecule has 0 saturated heterocycles. The Morgan fingerprint density at radius 2 is 2.25 bits per heavy atom. The first-order valence-electron chi connectivity index (χ1n) is 4.62. The number of benzene rings is 1. The van der Waals surface area contributed by atoms with Gasteiger partial charge in [-0.1, -0.05) is 18.2 Å². The molecule has 1 nitrogen and oxygen atoms in total. The van der Waals surface area contributed by atoms with Crippen LogP contribution in [-0.2, 0) is 6.42 Å². The van der Waals surface area contributed by atoms with Crippen LogP contribution in [0.15, 0.2) is 18.2 Å². The van der Waals surface area contributed by atoms with E-state index < -0.39 is 0 Å². The molecule has 1 aromatic rings. The molecule has 0 saturated carbocycles. The minimum atomic E-state index is 0.638. The zero-order valence-corrected chi connectivity index (χ0v) is 7.72. The maximum atomic E-state index is 3.53. The number of hydrogen-bond donors (Lipinski definition) is 1. The van der Waals surface area contributed by atoms with Gasteiger partial charge in [0.05, 0.1) is 0 Å². The Bertz CT molecular complexity index is 291. The molecule has 2 rings (SSSR count). The molecule has 1 aromatic carbocycles. The van der Waals surface area contributed by atoms with E-state index in [0.29, 0.717) is 6.04 Å². The highest BCUT2D eigenvalue weighted by molar-refractivity contribution is 5.59. The fourth-order valence-electron chi connectivity index (χ4n) is 1.83. The minimum Gasteiger partial charge on any atom is -0.382 e. The van der Waals surface area contributed by atoms with Crippen LogP contribution < -0.4 is 5.32 Å². The van der Waals surface area contributed by atoms with Gasteiger partial charge >= 0.3 is 0 Å². The Hall–Kier alpha value is -0.980. The zero-order valence-electron chi connectivity index (χ0n) is 7.72. The second-order valence-electron chi connectivity index (χ2n) is 3.69. The first-order valence-corrected chi connectivity index (χ1v) is 4.62. The zero-order chi connectivity index (χ0) is 8.55. The molecule has 1 heterocycles. The lowest BCUT2D eigenvalue weighted by Crippen LogP contribution is -2.22. The summed E-state index contributed by atoms with van der Waals surface area (Å²) in [6.07, 6.45) is 2.49. The largest absolute Gasteiger partial charge is 0.382 e. The van der Waals surface area contributed by atoms with Crippen LogP contribution in [0.2, 0.25) is 0 Å². The van der Waals surface area contributed by atoms with Crippen molar-refractivity contribution in [3.8, 4) is 0 Å². The molecule has 0 aliphatic carbocycles. The first-order chi connectivity index (χ1) is 5.77. The SMILES string of the molecule is Cc1cccc2c1NC(C)CC2. The van der Waals surface area contributed by atoms with E-state index in [1.165, 1.54) is 29.7 Å². The summed E-state index contributed by atoms with van der Waals surface area (Å²) in [5.41, 5.74) is 4.23. The Morgan fingerprint density at radius 3 is 3.08 bits per heavy atom. The molecule has 0 radical (unpaired) electrons. The van der Waals surface area contributed by atoms with E-state index in [9.17, 15) is 0 Å². The molecule has 1 N–H and O–H groups in total. The van der Waals surface area contributed by atoms with E-state index in [0.717, 1.165) is 0 Å². The Kier molecular flexibility index (Phi) is 1.80. The molecule has 0 amide bonds. The summed E-state index contributed by atoms with van der Waals surface area (Å²) in [7, 11) is 0. The average Bonchev–Trinajstić information content (AvgIpc) is 2.07. The second-order valence-corrected chi connectivity index (χ2v) is 3.69. The number of rotatable bonds is 0. The average molecular weight is 161 g/mol. The fourth-order valence-corrected chi connectivity index (χ4v) is 1.83. The standard InChI is InChI=1S/C11H15N/c1-8-4-3-5-10-7-6-9(2)12-11(8)10/h3-5,9,12H,6-7H2,1-2H3. The van der Waals surface area contributed by atoms with E-state index >= 15 is 0 Å². The van der Waals surface area contributed by atoms with Gasteiger partial charge in [-0.25, -0.2) is 0 Å². The molecule has 12 heavy (non-hydrogen) atoms. The van der Waals surface area contributed by atoms with Crippen LogP contribution in [0.5, 0.6) is 0 Å². The topological polar surface area (TPSA) is 12.0 Å². The van der Waals surface area contributed by atoms with Crippen LogP contribution in [0.25, 0.3) is 0 Å². The lowest BCUT2D eigenvalue weighted by molar-refractivity contribution is 0.679. The molecular formula is C11H15N. The molecule has 0 aromatic heterocycles. The third kappa shape index (κ3) is 1.20. The second kappa shape index (κ2) is 2.81. The lowest BCUT2D eigenvalue weighted by Gasteiger charge is -2.25. The summed E-state index contributed by atoms with van der Waals surface area (Å²) in [4.78, 5) is 0. The van der Waals surface area contributed by atoms with Gasteiger partial charge in [0.25, 0.3) is 0 Å². The molecule has 1 aliphatic rings. The molecule has 64 valence electrons. The number of hydrogen-bond acceptors (Lipinski definition) is 1. The van der Waals surface area contributed by atoms with E-state index in [1.54, 1.807) is 0 Å². The van der Waals surface area contributed by atoms with Crippen molar-refractivity contribution in [2.24, 2.45) is 0 Å². The van der Waals surface area contributed by atoms with E-state index in [2.05, 4.69) is 37.4 Å². The molecule has 1 atom stereocenters. The van der Waals surface area contributed by atoms with E-state index in [-0.39, 0.29) is 0 Å². The van der Waals surface area contributed by atoms with Crippen LogP contribution in [0.4, 0.5) is 5.69 Å². The molecule has 0 bridgehead atoms. The smallest absolute Gasteiger partial charge is 0.0404 e. The summed E-state index contributed by atoms with van der Waals surface area (Å²) in [6.45, 7) is 4.42. The number of nitrogens with one attached hydrogen (secondary N) is 1. The lowest BCUT2D eigenvalue weighted by atomic mass is 9.96. The molecule has 0 fully saturated rings. The van der Waals surface area contributed by atoms with Crippen LogP contribution in [0.3, 0.4) is 0 Å². The third-order valence-electron chi connectivity index (χ3n) is 2.60. The first kappa shape index (κ1) is 7.66. The van der Waals surface area contributed by atoms with Gasteiger partial charge < -0.3 is 5.32 Å². The summed E-state index contributed by atoms with van der Waals surface area (Å²) in [5.74, 6) is 0. The van der Waals surface area contributed by atoms with Gasteiger partial charge in [-0.05, 0) is 37.8 Å². The Balaban J connectivity index is 2.43. The van der Waals surface area contributed by atoms with Crippen molar-refractivity contribution in [3.05, 3.63) is 29.3 Å². The predicted molar refractivity (Wildman–Crippen MR) is 52.6 cm³/mol. The van der Waals surface area contributed by atoms with Gasteiger partial charge in [0.15, 0.2) is 0 Å². The highest BCUT2D eigenvalue weighted by Gasteiger charge is 2.14. The summed E-state index contributed by atoms with van der Waals surface area (Å²) < 4.78 is 0. The molecular weight excluding hydrogens is 146 g/mol. The van der Waals surface area contributed by atoms with Crippen molar-refractivity contribution in [3.63, 3.8) is 0 Å². The number of fused-ring (bicyclic) bond motifs is 1. The molecule has 1 heteroatoms. The van der Waals surface area contributed by atoms with Gasteiger partial charge in [0, 0.05) is 11.7 Å². The maximum Gasteiger partial charge on any atom is 0.0404 e. The van der Waals surface area contributed by atoms with Crippen molar-refractivity contribution in [1.82, 2.24) is 0 Å². The van der Waals surface area contributed by atoms with Crippen LogP contribution in [0, 0.1) is 6.92 Å². The van der Waals surface area contributed by atoms with Crippen LogP contribution in [0.1, 0.15) is 24.5 Å². The molecule has 1 unspecified atom stereocenters. The van der Waals surface area contributed by atoms with Gasteiger partial charge in [0.1, 0.15) is 0 Å². The minimum absolute atomic E-state index is 0.638. The quantitative estimate of drug-likeness (QED) is 0.617. The molecule has 0 spiro atoms. The van der Waals surface area contributed by atoms with Gasteiger partial charge in [-0.2, -0.15) is 0 Å². The van der Waals surface area contributed by atoms with Gasteiger partial charge in [-0.15, -0.1) is 0 Å². The van der Waals surface area contributed by atoms with Crippen molar-refractivity contribution >= 4 is 5.69 Å². The third-order valence-corrected chi connectivity index (χ3v) is 2.60. The molecule has 1 aliphatic heterocycles. The monoisotopic (exact) mass is 161 g/mol. The van der Waals surface area contributed by atoms with Gasteiger partial charge in [-0.3, -0.25) is 0 Å². The fraction of sp³-hybridized carbons (Fsp3) is 0.455.